The number of amides is 4. The van der Waals surface area contributed by atoms with Crippen LogP contribution in [0.4, 0.5) is 16.3 Å². The van der Waals surface area contributed by atoms with Gasteiger partial charge in [-0.1, -0.05) is 17.7 Å². The number of anilines is 2. The number of aromatic nitrogens is 1. The van der Waals surface area contributed by atoms with Crippen molar-refractivity contribution in [1.82, 2.24) is 15.0 Å². The summed E-state index contributed by atoms with van der Waals surface area (Å²) in [5.74, 6) is -0.146. The fourth-order valence-corrected chi connectivity index (χ4v) is 6.15. The number of nitrogens with one attached hydrogen (secondary N) is 3. The van der Waals surface area contributed by atoms with Crippen molar-refractivity contribution in [2.24, 2.45) is 4.99 Å². The molecule has 11 nitrogen and oxygen atoms in total. The van der Waals surface area contributed by atoms with E-state index in [2.05, 4.69) is 20.6 Å². The first-order chi connectivity index (χ1) is 17.2. The summed E-state index contributed by atoms with van der Waals surface area (Å²) in [6, 6.07) is 9.69. The molecule has 0 atom stereocenters. The third-order valence-corrected chi connectivity index (χ3v) is 8.41. The zero-order valence-electron chi connectivity index (χ0n) is 18.3. The second-order valence-electron chi connectivity index (χ2n) is 7.76. The molecule has 36 heavy (non-hydrogen) atoms. The smallest absolute Gasteiger partial charge is 0.333 e. The lowest BCUT2D eigenvalue weighted by molar-refractivity contribution is -0.117. The third kappa shape index (κ3) is 4.67. The molecule has 0 spiro atoms. The molecule has 0 saturated carbocycles. The Hall–Kier alpha value is -3.81. The van der Waals surface area contributed by atoms with Gasteiger partial charge in [-0.2, -0.15) is 0 Å². The number of carbonyl (C=O) groups is 3. The molecule has 2 aromatic heterocycles. The molecule has 184 valence electrons. The van der Waals surface area contributed by atoms with Crippen LogP contribution in [0.15, 0.2) is 57.9 Å². The zero-order chi connectivity index (χ0) is 25.4. The first-order valence-electron chi connectivity index (χ1n) is 10.6. The summed E-state index contributed by atoms with van der Waals surface area (Å²) >= 11 is 6.56. The Kier molecular flexibility index (Phi) is 6.20. The van der Waals surface area contributed by atoms with Gasteiger partial charge in [0.15, 0.2) is 0 Å². The highest BCUT2D eigenvalue weighted by atomic mass is 35.5. The molecule has 3 aromatic rings. The first-order valence-corrected chi connectivity index (χ1v) is 13.2. The van der Waals surface area contributed by atoms with E-state index in [1.165, 1.54) is 30.5 Å². The fourth-order valence-electron chi connectivity index (χ4n) is 3.76. The lowest BCUT2D eigenvalue weighted by atomic mass is 9.95. The Morgan fingerprint density at radius 3 is 2.64 bits per heavy atom. The summed E-state index contributed by atoms with van der Waals surface area (Å²) in [4.78, 5) is 47.5. The Bertz CT molecular complexity index is 1530. The summed E-state index contributed by atoms with van der Waals surface area (Å²) in [5.41, 5.74) is 1.97. The van der Waals surface area contributed by atoms with Crippen molar-refractivity contribution in [3.63, 3.8) is 0 Å². The van der Waals surface area contributed by atoms with Crippen LogP contribution in [0.2, 0.25) is 4.34 Å². The Balaban J connectivity index is 1.29. The zero-order valence-corrected chi connectivity index (χ0v) is 20.7. The van der Waals surface area contributed by atoms with Crippen LogP contribution >= 0.6 is 22.9 Å². The van der Waals surface area contributed by atoms with Crippen molar-refractivity contribution in [2.75, 3.05) is 23.3 Å². The third-order valence-electron chi connectivity index (χ3n) is 5.35. The molecule has 4 amide bonds. The molecule has 0 saturated heterocycles. The highest BCUT2D eigenvalue weighted by Crippen LogP contribution is 2.27. The van der Waals surface area contributed by atoms with E-state index in [1.807, 2.05) is 4.72 Å². The van der Waals surface area contributed by atoms with E-state index in [0.717, 1.165) is 34.2 Å². The van der Waals surface area contributed by atoms with E-state index >= 15 is 0 Å². The van der Waals surface area contributed by atoms with Gasteiger partial charge in [-0.25, -0.2) is 27.8 Å². The number of thiophene rings is 1. The molecule has 0 bridgehead atoms. The number of imide groups is 1. The minimum atomic E-state index is -4.09. The molecule has 5 rings (SSSR count). The van der Waals surface area contributed by atoms with Crippen molar-refractivity contribution < 1.29 is 22.8 Å². The standard InChI is InChI=1S/C22H17ClN6O5S2/c23-16-4-6-19(35-16)36(33,34)28-22(32)27-14-2-5-17(26-11-14)29-18(30)10-13-9-12(20-24-7-8-25-20)1-3-15(13)21(29)31/h1-6,9,11H,7-8,10H2,(H,24,25)(H2,27,28,32). The van der Waals surface area contributed by atoms with Crippen LogP contribution < -0.4 is 20.3 Å². The largest absolute Gasteiger partial charge is 0.368 e. The quantitative estimate of drug-likeness (QED) is 0.417. The number of hydrogen-bond acceptors (Lipinski definition) is 9. The summed E-state index contributed by atoms with van der Waals surface area (Å²) in [5, 5.41) is 5.51. The van der Waals surface area contributed by atoms with E-state index in [9.17, 15) is 22.8 Å². The molecular formula is C22H17ClN6O5S2. The van der Waals surface area contributed by atoms with Crippen LogP contribution in [-0.2, 0) is 21.2 Å². The topological polar surface area (TPSA) is 150 Å². The van der Waals surface area contributed by atoms with Gasteiger partial charge in [0.2, 0.25) is 5.91 Å². The van der Waals surface area contributed by atoms with Crippen LogP contribution in [0.3, 0.4) is 0 Å². The van der Waals surface area contributed by atoms with Gasteiger partial charge >= 0.3 is 6.03 Å². The van der Waals surface area contributed by atoms with Gasteiger partial charge < -0.3 is 10.6 Å². The number of sulfonamides is 1. The van der Waals surface area contributed by atoms with Crippen molar-refractivity contribution in [2.45, 2.75) is 10.6 Å². The van der Waals surface area contributed by atoms with Crippen molar-refractivity contribution in [1.29, 1.82) is 0 Å². The molecule has 3 N–H and O–H groups in total. The van der Waals surface area contributed by atoms with Gasteiger partial charge in [0, 0.05) is 17.7 Å². The molecule has 0 fully saturated rings. The second kappa shape index (κ2) is 9.33. The average Bonchev–Trinajstić information content (AvgIpc) is 3.52. The SMILES string of the molecule is O=C(Nc1ccc(N2C(=O)Cc3cc(C4=NCCN4)ccc3C2=O)nc1)NS(=O)(=O)c1ccc(Cl)s1. The maximum Gasteiger partial charge on any atom is 0.333 e. The van der Waals surface area contributed by atoms with Crippen LogP contribution in [0.1, 0.15) is 21.5 Å². The lowest BCUT2D eigenvalue weighted by Gasteiger charge is -2.26. The van der Waals surface area contributed by atoms with Crippen LogP contribution in [-0.4, -0.2) is 50.2 Å². The second-order valence-corrected chi connectivity index (χ2v) is 11.4. The maximum absolute atomic E-state index is 13.1. The minimum absolute atomic E-state index is 0.0108. The number of urea groups is 1. The van der Waals surface area contributed by atoms with Crippen LogP contribution in [0.5, 0.6) is 0 Å². The van der Waals surface area contributed by atoms with Crippen LogP contribution in [0, 0.1) is 0 Å². The maximum atomic E-state index is 13.1. The van der Waals surface area contributed by atoms with E-state index in [4.69, 9.17) is 11.6 Å². The predicted molar refractivity (Wildman–Crippen MR) is 134 cm³/mol. The lowest BCUT2D eigenvalue weighted by Crippen LogP contribution is -2.43. The number of benzene rings is 1. The van der Waals surface area contributed by atoms with E-state index < -0.39 is 27.9 Å². The van der Waals surface area contributed by atoms with Gasteiger partial charge in [-0.3, -0.25) is 14.6 Å². The van der Waals surface area contributed by atoms with Crippen LogP contribution in [0.25, 0.3) is 0 Å². The number of halogens is 1. The van der Waals surface area contributed by atoms with Crippen molar-refractivity contribution >= 4 is 68.1 Å². The first kappa shape index (κ1) is 23.9. The number of hydrogen-bond donors (Lipinski definition) is 3. The molecule has 4 heterocycles. The molecule has 0 aliphatic carbocycles. The van der Waals surface area contributed by atoms with Crippen molar-refractivity contribution in [3.05, 3.63) is 69.7 Å². The highest BCUT2D eigenvalue weighted by Gasteiger charge is 2.33. The van der Waals surface area contributed by atoms with Gasteiger partial charge in [0.25, 0.3) is 15.9 Å². The monoisotopic (exact) mass is 544 g/mol. The number of nitrogens with zero attached hydrogens (tertiary/aromatic N) is 3. The average molecular weight is 545 g/mol. The summed E-state index contributed by atoms with van der Waals surface area (Å²) in [6.45, 7) is 1.42. The van der Waals surface area contributed by atoms with Crippen molar-refractivity contribution in [3.8, 4) is 0 Å². The predicted octanol–water partition coefficient (Wildman–Crippen LogP) is 2.39. The number of amidine groups is 1. The molecule has 2 aliphatic rings. The van der Waals surface area contributed by atoms with Gasteiger partial charge in [0.1, 0.15) is 15.9 Å². The fraction of sp³-hybridized carbons (Fsp3) is 0.136. The number of carbonyl (C=O) groups excluding carboxylic acids is 3. The molecule has 2 aliphatic heterocycles. The van der Waals surface area contributed by atoms with E-state index in [1.54, 1.807) is 18.2 Å². The minimum Gasteiger partial charge on any atom is -0.368 e. The number of pyridine rings is 1. The molecule has 0 unspecified atom stereocenters. The molecular weight excluding hydrogens is 528 g/mol. The number of rotatable bonds is 5. The molecule has 0 radical (unpaired) electrons. The van der Waals surface area contributed by atoms with Gasteiger partial charge in [-0.15, -0.1) is 11.3 Å². The van der Waals surface area contributed by atoms with E-state index in [0.29, 0.717) is 17.7 Å². The molecule has 14 heteroatoms. The highest BCUT2D eigenvalue weighted by molar-refractivity contribution is 7.92. The Labute approximate surface area is 214 Å². The summed E-state index contributed by atoms with van der Waals surface area (Å²) in [7, 11) is -4.09. The van der Waals surface area contributed by atoms with Gasteiger partial charge in [-0.05, 0) is 42.0 Å². The van der Waals surface area contributed by atoms with Gasteiger partial charge in [0.05, 0.1) is 29.2 Å². The number of fused-ring (bicyclic) bond motifs is 1. The summed E-state index contributed by atoms with van der Waals surface area (Å²) in [6.07, 6.45) is 1.23. The van der Waals surface area contributed by atoms with E-state index in [-0.39, 0.29) is 26.5 Å². The number of aliphatic imine (C=N–C) groups is 1. The Morgan fingerprint density at radius 2 is 1.97 bits per heavy atom. The normalized spacial score (nSPS) is 15.2. The molecule has 1 aromatic carbocycles. The summed E-state index contributed by atoms with van der Waals surface area (Å²) < 4.78 is 26.5. The Morgan fingerprint density at radius 1 is 1.14 bits per heavy atom.